The van der Waals surface area contributed by atoms with E-state index in [0.29, 0.717) is 29.7 Å². The normalized spacial score (nSPS) is 15.1. The Kier molecular flexibility index (Phi) is 4.70. The number of aromatic nitrogens is 1. The number of carbonyl (C=O) groups is 3. The van der Waals surface area contributed by atoms with E-state index in [1.54, 1.807) is 12.1 Å². The minimum atomic E-state index is -1.03. The van der Waals surface area contributed by atoms with Gasteiger partial charge in [0.1, 0.15) is 5.56 Å². The summed E-state index contributed by atoms with van der Waals surface area (Å²) in [6.45, 7) is 4.06. The van der Waals surface area contributed by atoms with Crippen molar-refractivity contribution < 1.29 is 19.5 Å². The molecule has 7 heteroatoms. The predicted octanol–water partition coefficient (Wildman–Crippen LogP) is 2.16. The third kappa shape index (κ3) is 3.97. The van der Waals surface area contributed by atoms with Gasteiger partial charge < -0.3 is 15.4 Å². The van der Waals surface area contributed by atoms with Gasteiger partial charge in [-0.15, -0.1) is 0 Å². The van der Waals surface area contributed by atoms with Crippen LogP contribution in [-0.2, 0) is 13.0 Å². The zero-order valence-corrected chi connectivity index (χ0v) is 15.1. The number of aromatic amines is 1. The molecule has 1 aliphatic carbocycles. The fourth-order valence-electron chi connectivity index (χ4n) is 3.24. The van der Waals surface area contributed by atoms with Gasteiger partial charge in [0.2, 0.25) is 0 Å². The maximum absolute atomic E-state index is 12.4. The zero-order valence-electron chi connectivity index (χ0n) is 15.1. The van der Waals surface area contributed by atoms with E-state index in [4.69, 9.17) is 5.11 Å². The first-order chi connectivity index (χ1) is 12.7. The molecule has 1 heterocycles. The van der Waals surface area contributed by atoms with Gasteiger partial charge in [-0.3, -0.25) is 14.4 Å². The van der Waals surface area contributed by atoms with Crippen LogP contribution in [0.1, 0.15) is 62.6 Å². The molecule has 140 valence electrons. The number of benzene rings is 1. The van der Waals surface area contributed by atoms with Crippen LogP contribution in [0.5, 0.6) is 0 Å². The molecule has 1 amide bonds. The van der Waals surface area contributed by atoms with E-state index in [1.165, 1.54) is 18.2 Å². The number of H-pyrrole nitrogens is 1. The molecule has 3 rings (SSSR count). The van der Waals surface area contributed by atoms with E-state index < -0.39 is 17.4 Å². The maximum Gasteiger partial charge on any atom is 0.335 e. The highest BCUT2D eigenvalue weighted by Crippen LogP contribution is 2.33. The topological polar surface area (TPSA) is 116 Å². The summed E-state index contributed by atoms with van der Waals surface area (Å²) in [5, 5.41) is 11.5. The largest absolute Gasteiger partial charge is 0.478 e. The lowest BCUT2D eigenvalue weighted by Gasteiger charge is -2.29. The van der Waals surface area contributed by atoms with E-state index in [1.807, 2.05) is 13.8 Å². The van der Waals surface area contributed by atoms with Crippen LogP contribution in [0, 0.1) is 5.41 Å². The van der Waals surface area contributed by atoms with Gasteiger partial charge in [-0.25, -0.2) is 4.79 Å². The monoisotopic (exact) mass is 368 g/mol. The van der Waals surface area contributed by atoms with Crippen molar-refractivity contribution in [2.45, 2.75) is 33.2 Å². The van der Waals surface area contributed by atoms with Crippen molar-refractivity contribution in [3.8, 4) is 0 Å². The molecule has 0 unspecified atom stereocenters. The Hall–Kier alpha value is -3.22. The first kappa shape index (κ1) is 18.6. The van der Waals surface area contributed by atoms with Gasteiger partial charge in [0, 0.05) is 24.2 Å². The highest BCUT2D eigenvalue weighted by molar-refractivity contribution is 6.02. The Morgan fingerprint density at radius 2 is 1.81 bits per heavy atom. The number of fused-ring (bicyclic) bond motifs is 1. The van der Waals surface area contributed by atoms with Gasteiger partial charge in [-0.2, -0.15) is 0 Å². The molecular formula is C20H20N2O5. The number of rotatable bonds is 4. The molecule has 0 spiro atoms. The molecule has 1 aromatic heterocycles. The average molecular weight is 368 g/mol. The van der Waals surface area contributed by atoms with Crippen LogP contribution < -0.4 is 10.9 Å². The number of ketones is 1. The van der Waals surface area contributed by atoms with Crippen molar-refractivity contribution in [2.75, 3.05) is 0 Å². The Morgan fingerprint density at radius 3 is 2.44 bits per heavy atom. The maximum atomic E-state index is 12.4. The van der Waals surface area contributed by atoms with Crippen LogP contribution in [0.3, 0.4) is 0 Å². The Morgan fingerprint density at radius 1 is 1.15 bits per heavy atom. The molecule has 0 aliphatic heterocycles. The molecule has 3 N–H and O–H groups in total. The molecule has 27 heavy (non-hydrogen) atoms. The van der Waals surface area contributed by atoms with Crippen molar-refractivity contribution in [3.63, 3.8) is 0 Å². The van der Waals surface area contributed by atoms with Crippen LogP contribution in [-0.4, -0.2) is 27.8 Å². The van der Waals surface area contributed by atoms with Crippen molar-refractivity contribution in [3.05, 3.63) is 68.6 Å². The standard InChI is InChI=1S/C20H20N2O5/c1-20(2)8-15-13(16(23)9-20)7-14(18(25)22-15)17(24)21-10-11-3-5-12(6-4-11)19(26)27/h3-7H,8-10H2,1-2H3,(H,21,24)(H,22,25)(H,26,27). The summed E-state index contributed by atoms with van der Waals surface area (Å²) in [7, 11) is 0. The van der Waals surface area contributed by atoms with E-state index in [9.17, 15) is 19.2 Å². The summed E-state index contributed by atoms with van der Waals surface area (Å²) in [4.78, 5) is 50.6. The second kappa shape index (κ2) is 6.83. The quantitative estimate of drug-likeness (QED) is 0.765. The van der Waals surface area contributed by atoms with E-state index in [2.05, 4.69) is 10.3 Å². The number of carbonyl (C=O) groups excluding carboxylic acids is 2. The fourth-order valence-corrected chi connectivity index (χ4v) is 3.24. The van der Waals surface area contributed by atoms with E-state index >= 15 is 0 Å². The molecule has 2 aromatic rings. The zero-order chi connectivity index (χ0) is 19.8. The fraction of sp³-hybridized carbons (Fsp3) is 0.300. The third-order valence-electron chi connectivity index (χ3n) is 4.62. The van der Waals surface area contributed by atoms with Gasteiger partial charge in [0.05, 0.1) is 5.56 Å². The molecule has 0 atom stereocenters. The molecule has 1 aliphatic rings. The van der Waals surface area contributed by atoms with E-state index in [-0.39, 0.29) is 28.9 Å². The summed E-state index contributed by atoms with van der Waals surface area (Å²) in [6, 6.07) is 7.43. The third-order valence-corrected chi connectivity index (χ3v) is 4.62. The number of aromatic carboxylic acids is 1. The molecule has 7 nitrogen and oxygen atoms in total. The van der Waals surface area contributed by atoms with Gasteiger partial charge in [0.25, 0.3) is 11.5 Å². The molecular weight excluding hydrogens is 348 g/mol. The number of hydrogen-bond acceptors (Lipinski definition) is 4. The smallest absolute Gasteiger partial charge is 0.335 e. The molecule has 0 saturated heterocycles. The van der Waals surface area contributed by atoms with Crippen LogP contribution in [0.2, 0.25) is 0 Å². The first-order valence-corrected chi connectivity index (χ1v) is 8.56. The molecule has 1 aromatic carbocycles. The average Bonchev–Trinajstić information content (AvgIpc) is 2.58. The van der Waals surface area contributed by atoms with Crippen LogP contribution >= 0.6 is 0 Å². The number of carboxylic acids is 1. The number of hydrogen-bond donors (Lipinski definition) is 3. The van der Waals surface area contributed by atoms with Gasteiger partial charge >= 0.3 is 5.97 Å². The second-order valence-electron chi connectivity index (χ2n) is 7.53. The van der Waals surface area contributed by atoms with E-state index in [0.717, 1.165) is 0 Å². The number of carboxylic acid groups (broad SMARTS) is 1. The van der Waals surface area contributed by atoms with Crippen molar-refractivity contribution in [1.29, 1.82) is 0 Å². The molecule has 0 saturated carbocycles. The number of amides is 1. The summed E-state index contributed by atoms with van der Waals surface area (Å²) < 4.78 is 0. The Balaban J connectivity index is 1.77. The molecule has 0 bridgehead atoms. The minimum Gasteiger partial charge on any atom is -0.478 e. The van der Waals surface area contributed by atoms with Gasteiger partial charge in [-0.1, -0.05) is 26.0 Å². The number of pyridine rings is 1. The summed E-state index contributed by atoms with van der Waals surface area (Å²) in [5.74, 6) is -1.70. The SMILES string of the molecule is CC1(C)CC(=O)c2cc(C(=O)NCc3ccc(C(=O)O)cc3)c(=O)[nH]c2C1. The first-order valence-electron chi connectivity index (χ1n) is 8.56. The summed E-state index contributed by atoms with van der Waals surface area (Å²) >= 11 is 0. The van der Waals surface area contributed by atoms with Crippen LogP contribution in [0.4, 0.5) is 0 Å². The summed E-state index contributed by atoms with van der Waals surface area (Å²) in [6.07, 6.45) is 0.935. The minimum absolute atomic E-state index is 0.0872. The van der Waals surface area contributed by atoms with Crippen LogP contribution in [0.25, 0.3) is 0 Å². The summed E-state index contributed by atoms with van der Waals surface area (Å²) in [5.41, 5.74) is 0.950. The second-order valence-corrected chi connectivity index (χ2v) is 7.53. The molecule has 0 radical (unpaired) electrons. The Bertz CT molecular complexity index is 986. The van der Waals surface area contributed by atoms with Gasteiger partial charge in [0.15, 0.2) is 5.78 Å². The van der Waals surface area contributed by atoms with Crippen molar-refractivity contribution in [1.82, 2.24) is 10.3 Å². The van der Waals surface area contributed by atoms with Crippen molar-refractivity contribution >= 4 is 17.7 Å². The lowest BCUT2D eigenvalue weighted by molar-refractivity contribution is 0.0696. The lowest BCUT2D eigenvalue weighted by Crippen LogP contribution is -2.34. The lowest BCUT2D eigenvalue weighted by atomic mass is 9.75. The highest BCUT2D eigenvalue weighted by atomic mass is 16.4. The number of nitrogens with one attached hydrogen (secondary N) is 2. The Labute approximate surface area is 155 Å². The van der Waals surface area contributed by atoms with Gasteiger partial charge in [-0.05, 0) is 35.6 Å². The number of Topliss-reactive ketones (excluding diaryl/α,β-unsaturated/α-hetero) is 1. The van der Waals surface area contributed by atoms with Crippen molar-refractivity contribution in [2.24, 2.45) is 5.41 Å². The predicted molar refractivity (Wildman–Crippen MR) is 98.1 cm³/mol. The van der Waals surface area contributed by atoms with Crippen LogP contribution in [0.15, 0.2) is 35.1 Å². The highest BCUT2D eigenvalue weighted by Gasteiger charge is 2.32. The molecule has 0 fully saturated rings.